The van der Waals surface area contributed by atoms with Crippen molar-refractivity contribution in [1.82, 2.24) is 24.4 Å². The largest absolute Gasteiger partial charge is 0.342 e. The Morgan fingerprint density at radius 2 is 2.24 bits per heavy atom. The Hall–Kier alpha value is -2.15. The van der Waals surface area contributed by atoms with E-state index < -0.39 is 0 Å². The third-order valence-electron chi connectivity index (χ3n) is 5.38. The Labute approximate surface area is 147 Å². The van der Waals surface area contributed by atoms with Crippen LogP contribution in [-0.4, -0.2) is 44.1 Å². The van der Waals surface area contributed by atoms with Crippen LogP contribution >= 0.6 is 0 Å². The molecule has 1 atom stereocenters. The van der Waals surface area contributed by atoms with Crippen LogP contribution in [0.15, 0.2) is 17.2 Å². The summed E-state index contributed by atoms with van der Waals surface area (Å²) < 4.78 is 2.04. The highest BCUT2D eigenvalue weighted by Crippen LogP contribution is 2.22. The number of fused-ring (bicyclic) bond motifs is 1. The Morgan fingerprint density at radius 3 is 3.00 bits per heavy atom. The molecule has 0 radical (unpaired) electrons. The second-order valence-electron chi connectivity index (χ2n) is 7.42. The van der Waals surface area contributed by atoms with Gasteiger partial charge in [-0.3, -0.25) is 14.7 Å². The van der Waals surface area contributed by atoms with E-state index in [9.17, 15) is 4.79 Å². The number of rotatable bonds is 3. The number of hydrogen-bond donors (Lipinski definition) is 1. The molecule has 0 aliphatic carbocycles. The van der Waals surface area contributed by atoms with E-state index in [-0.39, 0.29) is 5.56 Å². The number of piperidine rings is 1. The first kappa shape index (κ1) is 16.3. The van der Waals surface area contributed by atoms with E-state index in [0.29, 0.717) is 12.5 Å². The van der Waals surface area contributed by atoms with Crippen molar-refractivity contribution in [3.8, 4) is 0 Å². The predicted molar refractivity (Wildman–Crippen MR) is 96.5 cm³/mol. The average molecular weight is 342 g/mol. The topological polar surface area (TPSA) is 70.1 Å². The van der Waals surface area contributed by atoms with E-state index in [0.717, 1.165) is 62.1 Å². The fourth-order valence-electron chi connectivity index (χ4n) is 3.90. The minimum absolute atomic E-state index is 0.0369. The Bertz CT molecular complexity index is 810. The summed E-state index contributed by atoms with van der Waals surface area (Å²) in [5.74, 6) is 2.43. The molecule has 7 heteroatoms. The summed E-state index contributed by atoms with van der Waals surface area (Å²) in [7, 11) is 2.01. The van der Waals surface area contributed by atoms with Crippen LogP contribution in [0.5, 0.6) is 0 Å². The molecule has 0 aromatic carbocycles. The molecule has 2 aromatic heterocycles. The summed E-state index contributed by atoms with van der Waals surface area (Å²) in [5.41, 5.74) is 1.82. The molecule has 2 aromatic rings. The van der Waals surface area contributed by atoms with Crippen LogP contribution in [-0.2, 0) is 26.6 Å². The first-order valence-corrected chi connectivity index (χ1v) is 9.15. The van der Waals surface area contributed by atoms with Crippen molar-refractivity contribution < 1.29 is 0 Å². The van der Waals surface area contributed by atoms with Crippen molar-refractivity contribution in [2.75, 3.05) is 24.5 Å². The van der Waals surface area contributed by atoms with Crippen LogP contribution in [0.3, 0.4) is 0 Å². The third kappa shape index (κ3) is 3.33. The second kappa shape index (κ2) is 6.63. The molecule has 0 amide bonds. The van der Waals surface area contributed by atoms with E-state index in [1.165, 1.54) is 6.42 Å². The van der Waals surface area contributed by atoms with Crippen molar-refractivity contribution in [2.45, 2.75) is 39.3 Å². The molecule has 7 nitrogen and oxygen atoms in total. The molecule has 2 aliphatic rings. The van der Waals surface area contributed by atoms with Gasteiger partial charge in [-0.1, -0.05) is 6.92 Å². The summed E-state index contributed by atoms with van der Waals surface area (Å²) in [4.78, 5) is 29.3. The average Bonchev–Trinajstić information content (AvgIpc) is 2.99. The molecule has 25 heavy (non-hydrogen) atoms. The van der Waals surface area contributed by atoms with Gasteiger partial charge in [-0.2, -0.15) is 0 Å². The Kier molecular flexibility index (Phi) is 4.33. The highest BCUT2D eigenvalue weighted by atomic mass is 16.1. The highest BCUT2D eigenvalue weighted by Gasteiger charge is 2.24. The number of hydrogen-bond acceptors (Lipinski definition) is 5. The zero-order valence-corrected chi connectivity index (χ0v) is 15.0. The van der Waals surface area contributed by atoms with Crippen LogP contribution in [0.2, 0.25) is 0 Å². The minimum Gasteiger partial charge on any atom is -0.342 e. The van der Waals surface area contributed by atoms with E-state index in [1.54, 1.807) is 0 Å². The molecule has 2 aliphatic heterocycles. The zero-order valence-electron chi connectivity index (χ0n) is 15.0. The summed E-state index contributed by atoms with van der Waals surface area (Å²) in [5, 5.41) is 0. The molecule has 4 heterocycles. The smallest absolute Gasteiger partial charge is 0.255 e. The van der Waals surface area contributed by atoms with E-state index >= 15 is 0 Å². The van der Waals surface area contributed by atoms with E-state index in [1.807, 2.05) is 24.0 Å². The van der Waals surface area contributed by atoms with Crippen molar-refractivity contribution in [3.63, 3.8) is 0 Å². The van der Waals surface area contributed by atoms with Crippen molar-refractivity contribution in [3.05, 3.63) is 39.8 Å². The number of aromatic nitrogens is 4. The molecule has 0 unspecified atom stereocenters. The number of nitrogens with zero attached hydrogens (tertiary/aromatic N) is 5. The highest BCUT2D eigenvalue weighted by molar-refractivity contribution is 5.35. The van der Waals surface area contributed by atoms with Gasteiger partial charge < -0.3 is 9.47 Å². The number of H-pyrrole nitrogens is 1. The molecule has 1 saturated heterocycles. The van der Waals surface area contributed by atoms with Gasteiger partial charge >= 0.3 is 0 Å². The Balaban J connectivity index is 1.56. The number of aromatic amines is 1. The van der Waals surface area contributed by atoms with Gasteiger partial charge in [0.05, 0.1) is 12.2 Å². The van der Waals surface area contributed by atoms with Gasteiger partial charge in [0.25, 0.3) is 5.56 Å². The van der Waals surface area contributed by atoms with E-state index in [2.05, 4.69) is 26.7 Å². The summed E-state index contributed by atoms with van der Waals surface area (Å²) in [6, 6.07) is 0. The van der Waals surface area contributed by atoms with Crippen LogP contribution in [0.4, 0.5) is 5.95 Å². The maximum Gasteiger partial charge on any atom is 0.255 e. The van der Waals surface area contributed by atoms with Gasteiger partial charge in [0, 0.05) is 51.2 Å². The lowest BCUT2D eigenvalue weighted by molar-refractivity contribution is 0.232. The minimum atomic E-state index is 0.0369. The fourth-order valence-corrected chi connectivity index (χ4v) is 3.90. The molecule has 0 saturated carbocycles. The number of anilines is 1. The monoisotopic (exact) mass is 342 g/mol. The van der Waals surface area contributed by atoms with Gasteiger partial charge in [0.15, 0.2) is 0 Å². The molecule has 4 rings (SSSR count). The first-order chi connectivity index (χ1) is 12.1. The predicted octanol–water partition coefficient (Wildman–Crippen LogP) is 1.30. The quantitative estimate of drug-likeness (QED) is 0.910. The maximum atomic E-state index is 12.5. The lowest BCUT2D eigenvalue weighted by Gasteiger charge is -2.33. The first-order valence-electron chi connectivity index (χ1n) is 9.15. The third-order valence-corrected chi connectivity index (χ3v) is 5.38. The molecule has 1 fully saturated rings. The second-order valence-corrected chi connectivity index (χ2v) is 7.42. The summed E-state index contributed by atoms with van der Waals surface area (Å²) in [6.45, 7) is 6.57. The van der Waals surface area contributed by atoms with E-state index in [4.69, 9.17) is 4.98 Å². The standard InChI is InChI=1S/C18H26N6O/c1-13-4-3-7-24(10-13)18-20-15-11-23(8-5-14(15)17(25)21-18)12-16-19-6-9-22(16)2/h6,9,13H,3-5,7-8,10-12H2,1-2H3,(H,20,21,25)/t13-/m1/s1. The fraction of sp³-hybridized carbons (Fsp3) is 0.611. The summed E-state index contributed by atoms with van der Waals surface area (Å²) in [6.07, 6.45) is 6.95. The summed E-state index contributed by atoms with van der Waals surface area (Å²) >= 11 is 0. The molecule has 0 bridgehead atoms. The van der Waals surface area contributed by atoms with Crippen LogP contribution in [0.1, 0.15) is 36.8 Å². The van der Waals surface area contributed by atoms with Gasteiger partial charge in [-0.05, 0) is 25.2 Å². The van der Waals surface area contributed by atoms with Crippen molar-refractivity contribution in [2.24, 2.45) is 13.0 Å². The molecule has 134 valence electrons. The zero-order chi connectivity index (χ0) is 17.4. The number of nitrogens with one attached hydrogen (secondary N) is 1. The number of aryl methyl sites for hydroxylation is 1. The lowest BCUT2D eigenvalue weighted by Crippen LogP contribution is -2.39. The molecular weight excluding hydrogens is 316 g/mol. The van der Waals surface area contributed by atoms with Crippen molar-refractivity contribution >= 4 is 5.95 Å². The van der Waals surface area contributed by atoms with Crippen molar-refractivity contribution in [1.29, 1.82) is 0 Å². The van der Waals surface area contributed by atoms with Crippen LogP contribution < -0.4 is 10.5 Å². The molecular formula is C18H26N6O. The maximum absolute atomic E-state index is 12.5. The normalized spacial score (nSPS) is 21.4. The van der Waals surface area contributed by atoms with Gasteiger partial charge in [0.1, 0.15) is 5.82 Å². The van der Waals surface area contributed by atoms with Crippen LogP contribution in [0, 0.1) is 5.92 Å². The SMILES string of the molecule is C[C@@H]1CCCN(c2nc3c(c(=O)[nH]2)CCN(Cc2nccn2C)C3)C1. The number of imidazole rings is 1. The van der Waals surface area contributed by atoms with Gasteiger partial charge in [-0.15, -0.1) is 0 Å². The lowest BCUT2D eigenvalue weighted by atomic mass is 10.0. The molecule has 0 spiro atoms. The van der Waals surface area contributed by atoms with Gasteiger partial charge in [-0.25, -0.2) is 9.97 Å². The Morgan fingerprint density at radius 1 is 1.36 bits per heavy atom. The van der Waals surface area contributed by atoms with Gasteiger partial charge in [0.2, 0.25) is 5.95 Å². The molecule has 1 N–H and O–H groups in total. The van der Waals surface area contributed by atoms with Crippen LogP contribution in [0.25, 0.3) is 0 Å².